The van der Waals surface area contributed by atoms with E-state index in [4.69, 9.17) is 0 Å². The van der Waals surface area contributed by atoms with E-state index in [9.17, 15) is 0 Å². The van der Waals surface area contributed by atoms with Gasteiger partial charge in [0.15, 0.2) is 0 Å². The molecule has 1 atom stereocenters. The van der Waals surface area contributed by atoms with Crippen molar-refractivity contribution in [3.8, 4) is 0 Å². The van der Waals surface area contributed by atoms with Crippen LogP contribution in [0.1, 0.15) is 26.7 Å². The number of rotatable bonds is 2. The maximum atomic E-state index is 3.83. The molecule has 1 heteroatoms. The highest BCUT2D eigenvalue weighted by atomic mass is 31.1. The molecule has 0 nitrogen and oxygen atoms in total. The fourth-order valence-corrected chi connectivity index (χ4v) is 2.57. The first-order valence-electron chi connectivity index (χ1n) is 5.22. The van der Waals surface area contributed by atoms with Gasteiger partial charge in [0.1, 0.15) is 0 Å². The molecule has 1 unspecified atom stereocenters. The van der Waals surface area contributed by atoms with Gasteiger partial charge in [0, 0.05) is 5.41 Å². The summed E-state index contributed by atoms with van der Waals surface area (Å²) in [6.07, 6.45) is 12.2. The lowest BCUT2D eigenvalue weighted by Gasteiger charge is -2.18. The second kappa shape index (κ2) is 5.32. The van der Waals surface area contributed by atoms with Gasteiger partial charge < -0.3 is 0 Å². The molecule has 0 saturated carbocycles. The van der Waals surface area contributed by atoms with Gasteiger partial charge >= 0.3 is 0 Å². The third-order valence-electron chi connectivity index (χ3n) is 2.73. The van der Waals surface area contributed by atoms with E-state index in [0.29, 0.717) is 0 Å². The van der Waals surface area contributed by atoms with Crippen LogP contribution < -0.4 is 0 Å². The maximum Gasteiger partial charge on any atom is 0.00759 e. The van der Waals surface area contributed by atoms with Crippen LogP contribution in [0.5, 0.6) is 0 Å². The van der Waals surface area contributed by atoms with Gasteiger partial charge in [0.25, 0.3) is 0 Å². The summed E-state index contributed by atoms with van der Waals surface area (Å²) in [6.45, 7) is 8.37. The fourth-order valence-electron chi connectivity index (χ4n) is 1.36. The average Bonchev–Trinajstić information content (AvgIpc) is 2.29. The molecule has 0 aromatic heterocycles. The van der Waals surface area contributed by atoms with Crippen molar-refractivity contribution in [3.05, 3.63) is 36.5 Å². The summed E-state index contributed by atoms with van der Waals surface area (Å²) in [6, 6.07) is 0. The first-order chi connectivity index (χ1) is 6.70. The highest BCUT2D eigenvalue weighted by Crippen LogP contribution is 2.25. The zero-order chi connectivity index (χ0) is 10.4. The molecule has 1 rings (SSSR count). The van der Waals surface area contributed by atoms with E-state index in [-0.39, 0.29) is 5.41 Å². The number of allylic oxidation sites excluding steroid dienone is 5. The van der Waals surface area contributed by atoms with Crippen LogP contribution >= 0.6 is 8.20 Å². The molecular weight excluding hydrogens is 187 g/mol. The minimum absolute atomic E-state index is 0.272. The van der Waals surface area contributed by atoms with Crippen molar-refractivity contribution in [2.24, 2.45) is 5.41 Å². The molecule has 0 amide bonds. The molecular formula is C13H19P. The van der Waals surface area contributed by atoms with Gasteiger partial charge in [-0.15, -0.1) is 8.20 Å². The molecule has 0 aromatic rings. The lowest BCUT2D eigenvalue weighted by molar-refractivity contribution is 0.593. The van der Waals surface area contributed by atoms with Crippen molar-refractivity contribution in [2.75, 3.05) is 6.16 Å². The van der Waals surface area contributed by atoms with E-state index in [2.05, 4.69) is 44.5 Å². The van der Waals surface area contributed by atoms with Crippen molar-refractivity contribution in [1.29, 1.82) is 0 Å². The van der Waals surface area contributed by atoms with Crippen molar-refractivity contribution >= 4 is 14.0 Å². The van der Waals surface area contributed by atoms with Crippen LogP contribution in [0, 0.1) is 5.41 Å². The predicted octanol–water partition coefficient (Wildman–Crippen LogP) is 4.22. The van der Waals surface area contributed by atoms with Gasteiger partial charge in [0.05, 0.1) is 0 Å². The molecule has 1 heterocycles. The topological polar surface area (TPSA) is 0 Å². The second-order valence-electron chi connectivity index (χ2n) is 3.95. The van der Waals surface area contributed by atoms with E-state index in [1.54, 1.807) is 0 Å². The average molecular weight is 206 g/mol. The van der Waals surface area contributed by atoms with Gasteiger partial charge in [-0.1, -0.05) is 50.5 Å². The minimum atomic E-state index is 0.272. The van der Waals surface area contributed by atoms with E-state index in [1.807, 2.05) is 6.08 Å². The van der Waals surface area contributed by atoms with Crippen LogP contribution in [-0.2, 0) is 0 Å². The highest BCUT2D eigenvalue weighted by Gasteiger charge is 2.13. The summed E-state index contributed by atoms with van der Waals surface area (Å²) < 4.78 is 0. The molecule has 1 aliphatic heterocycles. The van der Waals surface area contributed by atoms with Crippen LogP contribution in [0.25, 0.3) is 0 Å². The molecule has 0 N–H and O–H groups in total. The molecule has 76 valence electrons. The lowest BCUT2D eigenvalue weighted by atomic mass is 9.89. The summed E-state index contributed by atoms with van der Waals surface area (Å²) in [4.78, 5) is 0. The Morgan fingerprint density at radius 1 is 1.64 bits per heavy atom. The van der Waals surface area contributed by atoms with E-state index >= 15 is 0 Å². The molecule has 0 fully saturated rings. The summed E-state index contributed by atoms with van der Waals surface area (Å²) in [5.74, 6) is 2.42. The van der Waals surface area contributed by atoms with Gasteiger partial charge in [0.2, 0.25) is 0 Å². The van der Waals surface area contributed by atoms with Crippen LogP contribution in [0.3, 0.4) is 0 Å². The summed E-state index contributed by atoms with van der Waals surface area (Å²) in [5, 5.41) is 0. The third kappa shape index (κ3) is 3.27. The molecule has 0 aromatic carbocycles. The Hall–Kier alpha value is -0.610. The molecule has 0 saturated heterocycles. The number of hydrogen-bond acceptors (Lipinski definition) is 0. The van der Waals surface area contributed by atoms with Crippen molar-refractivity contribution < 1.29 is 0 Å². The Morgan fingerprint density at radius 2 is 2.43 bits per heavy atom. The summed E-state index contributed by atoms with van der Waals surface area (Å²) in [5.41, 5.74) is 1.62. The van der Waals surface area contributed by atoms with Crippen molar-refractivity contribution in [2.45, 2.75) is 26.7 Å². The van der Waals surface area contributed by atoms with Gasteiger partial charge in [-0.2, -0.15) is 0 Å². The Balaban J connectivity index is 2.87. The molecule has 0 radical (unpaired) electrons. The Labute approximate surface area is 89.2 Å². The van der Waals surface area contributed by atoms with Crippen molar-refractivity contribution in [3.63, 3.8) is 0 Å². The highest BCUT2D eigenvalue weighted by molar-refractivity contribution is 7.38. The van der Waals surface area contributed by atoms with Crippen LogP contribution in [0.4, 0.5) is 0 Å². The smallest absolute Gasteiger partial charge is 0.00759 e. The normalized spacial score (nSPS) is 34.6. The van der Waals surface area contributed by atoms with Crippen molar-refractivity contribution in [1.82, 2.24) is 0 Å². The zero-order valence-electron chi connectivity index (χ0n) is 9.16. The quantitative estimate of drug-likeness (QED) is 0.593. The van der Waals surface area contributed by atoms with E-state index < -0.39 is 0 Å². The summed E-state index contributed by atoms with van der Waals surface area (Å²) in [7, 11) is 1.45. The standard InChI is InChI=1S/C13H19P/c1-4-12-7-6-9-13(3,5-2)11-14-10-8-12/h4,6-7,9,11H,1,5,8,10H2,2-3H3/b9-6-,12-7-. The number of hydrogen-bond donors (Lipinski definition) is 0. The lowest BCUT2D eigenvalue weighted by Crippen LogP contribution is -2.11. The van der Waals surface area contributed by atoms with Gasteiger partial charge in [-0.25, -0.2) is 0 Å². The molecule has 0 spiro atoms. The van der Waals surface area contributed by atoms with Crippen LogP contribution in [0.2, 0.25) is 0 Å². The Morgan fingerprint density at radius 3 is 3.07 bits per heavy atom. The van der Waals surface area contributed by atoms with Gasteiger partial charge in [-0.05, 0) is 24.6 Å². The first-order valence-corrected chi connectivity index (χ1v) is 6.37. The zero-order valence-corrected chi connectivity index (χ0v) is 10.1. The predicted molar refractivity (Wildman–Crippen MR) is 68.3 cm³/mol. The SMILES string of the molecule is C=C/C1=C/C=C\C(C)(CC)C=PCC1. The van der Waals surface area contributed by atoms with E-state index in [0.717, 1.165) is 6.42 Å². The monoisotopic (exact) mass is 206 g/mol. The van der Waals surface area contributed by atoms with E-state index in [1.165, 1.54) is 26.4 Å². The fraction of sp³-hybridized carbons (Fsp3) is 0.462. The molecule has 0 aliphatic carbocycles. The minimum Gasteiger partial charge on any atom is -0.108 e. The third-order valence-corrected chi connectivity index (χ3v) is 3.98. The Kier molecular flexibility index (Phi) is 4.35. The molecule has 1 aliphatic rings. The van der Waals surface area contributed by atoms with Crippen LogP contribution in [0.15, 0.2) is 36.5 Å². The molecule has 14 heavy (non-hydrogen) atoms. The first kappa shape index (κ1) is 11.5. The van der Waals surface area contributed by atoms with Gasteiger partial charge in [-0.3, -0.25) is 0 Å². The largest absolute Gasteiger partial charge is 0.108 e. The second-order valence-corrected chi connectivity index (χ2v) is 5.02. The summed E-state index contributed by atoms with van der Waals surface area (Å²) >= 11 is 0. The Bertz CT molecular complexity index is 284. The van der Waals surface area contributed by atoms with Crippen LogP contribution in [-0.4, -0.2) is 12.0 Å². The maximum absolute atomic E-state index is 3.83. The molecule has 0 bridgehead atoms.